The third-order valence-electron chi connectivity index (χ3n) is 3.02. The Labute approximate surface area is 125 Å². The Morgan fingerprint density at radius 3 is 2.52 bits per heavy atom. The maximum absolute atomic E-state index is 11.8. The lowest BCUT2D eigenvalue weighted by Gasteiger charge is -2.18. The minimum Gasteiger partial charge on any atom is -0.497 e. The summed E-state index contributed by atoms with van der Waals surface area (Å²) < 4.78 is 5.09. The Balaban J connectivity index is 2.35. The van der Waals surface area contributed by atoms with Crippen molar-refractivity contribution in [1.82, 2.24) is 10.2 Å². The van der Waals surface area contributed by atoms with E-state index >= 15 is 0 Å². The summed E-state index contributed by atoms with van der Waals surface area (Å²) in [5.74, 6) is 0.505. The van der Waals surface area contributed by atoms with Gasteiger partial charge in [0.2, 0.25) is 11.8 Å². The Bertz CT molecular complexity index is 483. The van der Waals surface area contributed by atoms with Crippen molar-refractivity contribution in [3.8, 4) is 5.75 Å². The van der Waals surface area contributed by atoms with Crippen LogP contribution in [0.1, 0.15) is 12.5 Å². The van der Waals surface area contributed by atoms with Crippen molar-refractivity contribution in [2.24, 2.45) is 0 Å². The summed E-state index contributed by atoms with van der Waals surface area (Å²) >= 11 is 0. The van der Waals surface area contributed by atoms with Gasteiger partial charge in [-0.15, -0.1) is 6.58 Å². The summed E-state index contributed by atoms with van der Waals surface area (Å²) in [6.45, 7) is 5.98. The second-order valence-corrected chi connectivity index (χ2v) is 4.64. The molecule has 0 spiro atoms. The van der Waals surface area contributed by atoms with Crippen molar-refractivity contribution >= 4 is 11.8 Å². The number of ether oxygens (including phenoxy) is 1. The summed E-state index contributed by atoms with van der Waals surface area (Å²) in [5.41, 5.74) is 1.12. The van der Waals surface area contributed by atoms with Gasteiger partial charge in [0.15, 0.2) is 0 Å². The molecule has 0 unspecified atom stereocenters. The van der Waals surface area contributed by atoms with Gasteiger partial charge in [-0.05, 0) is 24.1 Å². The number of hydrogen-bond acceptors (Lipinski definition) is 3. The quantitative estimate of drug-likeness (QED) is 0.736. The number of hydrogen-bond donors (Lipinski definition) is 1. The van der Waals surface area contributed by atoms with Gasteiger partial charge in [-0.25, -0.2) is 0 Å². The van der Waals surface area contributed by atoms with Crippen LogP contribution in [0.3, 0.4) is 0 Å². The van der Waals surface area contributed by atoms with Crippen molar-refractivity contribution < 1.29 is 14.3 Å². The summed E-state index contributed by atoms with van der Waals surface area (Å²) in [5, 5.41) is 2.81. The average Bonchev–Trinajstić information content (AvgIpc) is 2.47. The van der Waals surface area contributed by atoms with E-state index in [1.165, 1.54) is 11.8 Å². The van der Waals surface area contributed by atoms with Crippen LogP contribution in [-0.2, 0) is 16.0 Å². The zero-order valence-corrected chi connectivity index (χ0v) is 12.6. The van der Waals surface area contributed by atoms with E-state index in [0.29, 0.717) is 13.1 Å². The first-order valence-corrected chi connectivity index (χ1v) is 6.83. The smallest absolute Gasteiger partial charge is 0.239 e. The molecule has 0 bridgehead atoms. The molecule has 1 aromatic carbocycles. The Morgan fingerprint density at radius 1 is 1.33 bits per heavy atom. The molecule has 0 aliphatic carbocycles. The van der Waals surface area contributed by atoms with E-state index < -0.39 is 0 Å². The van der Waals surface area contributed by atoms with Gasteiger partial charge in [0.1, 0.15) is 5.75 Å². The SMILES string of the molecule is C=CCN(CC(=O)NCCc1ccc(OC)cc1)C(C)=O. The Hall–Kier alpha value is -2.30. The number of methoxy groups -OCH3 is 1. The summed E-state index contributed by atoms with van der Waals surface area (Å²) in [6, 6.07) is 7.70. The molecule has 0 aromatic heterocycles. The highest BCUT2D eigenvalue weighted by atomic mass is 16.5. The number of nitrogens with zero attached hydrogens (tertiary/aromatic N) is 1. The van der Waals surface area contributed by atoms with Gasteiger partial charge in [-0.1, -0.05) is 18.2 Å². The predicted octanol–water partition coefficient (Wildman–Crippen LogP) is 1.39. The Kier molecular flexibility index (Phi) is 7.01. The molecule has 2 amide bonds. The molecule has 0 radical (unpaired) electrons. The highest BCUT2D eigenvalue weighted by molar-refractivity contribution is 5.83. The molecule has 0 aliphatic rings. The molecule has 0 saturated heterocycles. The number of amides is 2. The largest absolute Gasteiger partial charge is 0.497 e. The maximum Gasteiger partial charge on any atom is 0.239 e. The van der Waals surface area contributed by atoms with Crippen LogP contribution in [0.15, 0.2) is 36.9 Å². The van der Waals surface area contributed by atoms with Gasteiger partial charge in [-0.2, -0.15) is 0 Å². The van der Waals surface area contributed by atoms with Crippen LogP contribution in [0, 0.1) is 0 Å². The second kappa shape index (κ2) is 8.79. The molecular weight excluding hydrogens is 268 g/mol. The highest BCUT2D eigenvalue weighted by Gasteiger charge is 2.11. The number of rotatable bonds is 8. The van der Waals surface area contributed by atoms with Gasteiger partial charge in [0, 0.05) is 20.0 Å². The maximum atomic E-state index is 11.8. The van der Waals surface area contributed by atoms with E-state index in [4.69, 9.17) is 4.74 Å². The van der Waals surface area contributed by atoms with Gasteiger partial charge in [-0.3, -0.25) is 9.59 Å². The van der Waals surface area contributed by atoms with Crippen molar-refractivity contribution in [1.29, 1.82) is 0 Å². The zero-order chi connectivity index (χ0) is 15.7. The first kappa shape index (κ1) is 16.8. The van der Waals surface area contributed by atoms with E-state index in [1.54, 1.807) is 13.2 Å². The molecule has 1 N–H and O–H groups in total. The summed E-state index contributed by atoms with van der Waals surface area (Å²) in [4.78, 5) is 24.5. The lowest BCUT2D eigenvalue weighted by molar-refractivity contribution is -0.133. The fourth-order valence-electron chi connectivity index (χ4n) is 1.83. The summed E-state index contributed by atoms with van der Waals surface area (Å²) in [6.07, 6.45) is 2.34. The molecule has 1 rings (SSSR count). The molecule has 0 atom stereocenters. The van der Waals surface area contributed by atoms with E-state index in [-0.39, 0.29) is 18.4 Å². The molecule has 1 aromatic rings. The van der Waals surface area contributed by atoms with Crippen LogP contribution in [0.5, 0.6) is 5.75 Å². The Morgan fingerprint density at radius 2 is 2.00 bits per heavy atom. The molecule has 0 saturated carbocycles. The predicted molar refractivity (Wildman–Crippen MR) is 82.2 cm³/mol. The van der Waals surface area contributed by atoms with Crippen molar-refractivity contribution in [2.75, 3.05) is 26.7 Å². The number of nitrogens with one attached hydrogen (secondary N) is 1. The first-order valence-electron chi connectivity index (χ1n) is 6.83. The molecule has 21 heavy (non-hydrogen) atoms. The molecule has 0 fully saturated rings. The first-order chi connectivity index (χ1) is 10.1. The minimum atomic E-state index is -0.166. The highest BCUT2D eigenvalue weighted by Crippen LogP contribution is 2.11. The van der Waals surface area contributed by atoms with E-state index in [2.05, 4.69) is 11.9 Å². The van der Waals surface area contributed by atoms with Gasteiger partial charge in [0.25, 0.3) is 0 Å². The third-order valence-corrected chi connectivity index (χ3v) is 3.02. The van der Waals surface area contributed by atoms with E-state index in [1.807, 2.05) is 24.3 Å². The normalized spacial score (nSPS) is 9.81. The molecule has 5 nitrogen and oxygen atoms in total. The number of carbonyl (C=O) groups excluding carboxylic acids is 2. The van der Waals surface area contributed by atoms with Gasteiger partial charge in [0.05, 0.1) is 13.7 Å². The average molecular weight is 290 g/mol. The van der Waals surface area contributed by atoms with E-state index in [9.17, 15) is 9.59 Å². The molecular formula is C16H22N2O3. The zero-order valence-electron chi connectivity index (χ0n) is 12.6. The second-order valence-electron chi connectivity index (χ2n) is 4.64. The molecule has 114 valence electrons. The van der Waals surface area contributed by atoms with Crippen LogP contribution in [0.25, 0.3) is 0 Å². The monoisotopic (exact) mass is 290 g/mol. The summed E-state index contributed by atoms with van der Waals surface area (Å²) in [7, 11) is 1.62. The molecule has 5 heteroatoms. The fraction of sp³-hybridized carbons (Fsp3) is 0.375. The van der Waals surface area contributed by atoms with Crippen molar-refractivity contribution in [2.45, 2.75) is 13.3 Å². The third kappa shape index (κ3) is 6.12. The minimum absolute atomic E-state index is 0.0595. The van der Waals surface area contributed by atoms with Crippen molar-refractivity contribution in [3.05, 3.63) is 42.5 Å². The van der Waals surface area contributed by atoms with Crippen LogP contribution in [0.4, 0.5) is 0 Å². The number of benzene rings is 1. The van der Waals surface area contributed by atoms with Crippen LogP contribution in [0.2, 0.25) is 0 Å². The van der Waals surface area contributed by atoms with Gasteiger partial charge >= 0.3 is 0 Å². The van der Waals surface area contributed by atoms with E-state index in [0.717, 1.165) is 17.7 Å². The lowest BCUT2D eigenvalue weighted by atomic mass is 10.1. The standard InChI is InChI=1S/C16H22N2O3/c1-4-11-18(13(2)19)12-16(20)17-10-9-14-5-7-15(21-3)8-6-14/h4-8H,1,9-12H2,2-3H3,(H,17,20). The lowest BCUT2D eigenvalue weighted by Crippen LogP contribution is -2.40. The van der Waals surface area contributed by atoms with Crippen molar-refractivity contribution in [3.63, 3.8) is 0 Å². The molecule has 0 heterocycles. The van der Waals surface area contributed by atoms with Gasteiger partial charge < -0.3 is 15.0 Å². The molecule has 0 aliphatic heterocycles. The number of carbonyl (C=O) groups is 2. The van der Waals surface area contributed by atoms with Crippen LogP contribution in [-0.4, -0.2) is 43.5 Å². The fourth-order valence-corrected chi connectivity index (χ4v) is 1.83. The van der Waals surface area contributed by atoms with Crippen LogP contribution >= 0.6 is 0 Å². The van der Waals surface area contributed by atoms with Crippen LogP contribution < -0.4 is 10.1 Å². The topological polar surface area (TPSA) is 58.6 Å².